The maximum Gasteiger partial charge on any atom is 0.0332 e. The van der Waals surface area contributed by atoms with E-state index in [-0.39, 0.29) is 11.0 Å². The molecule has 62 valence electrons. The summed E-state index contributed by atoms with van der Waals surface area (Å²) in [6.45, 7) is 6.77. The van der Waals surface area contributed by atoms with Gasteiger partial charge >= 0.3 is 0 Å². The second-order valence-corrected chi connectivity index (χ2v) is 3.65. The Labute approximate surface area is 72.5 Å². The first-order valence-corrected chi connectivity index (χ1v) is 4.93. The Hall–Kier alpha value is 0.174. The Morgan fingerprint density at radius 3 is 1.50 bits per heavy atom. The minimum absolute atomic E-state index is 0. The minimum atomic E-state index is 0. The Balaban J connectivity index is 0. The largest absolute Gasteiger partial charge is 0.0928 e. The van der Waals surface area contributed by atoms with Crippen molar-refractivity contribution in [3.05, 3.63) is 10.8 Å². The van der Waals surface area contributed by atoms with Gasteiger partial charge in [0.1, 0.15) is 0 Å². The molecule has 0 bridgehead atoms. The van der Waals surface area contributed by atoms with Crippen molar-refractivity contribution in [1.82, 2.24) is 0 Å². The van der Waals surface area contributed by atoms with Crippen LogP contribution in [0.15, 0.2) is 10.8 Å². The normalized spacial score (nSPS) is 8.70. The van der Waals surface area contributed by atoms with Gasteiger partial charge in [-0.1, -0.05) is 31.5 Å². The van der Waals surface area contributed by atoms with Gasteiger partial charge in [0.2, 0.25) is 0 Å². The van der Waals surface area contributed by atoms with E-state index in [1.807, 2.05) is 0 Å². The van der Waals surface area contributed by atoms with Gasteiger partial charge in [-0.25, -0.2) is 0 Å². The summed E-state index contributed by atoms with van der Waals surface area (Å²) in [6, 6.07) is 0. The van der Waals surface area contributed by atoms with Gasteiger partial charge in [-0.15, -0.1) is 0 Å². The van der Waals surface area contributed by atoms with Gasteiger partial charge in [0.25, 0.3) is 0 Å². The van der Waals surface area contributed by atoms with Crippen LogP contribution in [0.5, 0.6) is 0 Å². The van der Waals surface area contributed by atoms with Crippen LogP contribution in [0.3, 0.4) is 0 Å². The van der Waals surface area contributed by atoms with Crippen LogP contribution in [0, 0.1) is 0 Å². The predicted octanol–water partition coefficient (Wildman–Crippen LogP) is 0.384. The number of hydrogen-bond acceptors (Lipinski definition) is 0. The van der Waals surface area contributed by atoms with Crippen LogP contribution in [0.2, 0.25) is 0 Å². The summed E-state index contributed by atoms with van der Waals surface area (Å²) in [5.74, 6) is 0. The smallest absolute Gasteiger partial charge is 0.0332 e. The molecule has 0 rings (SSSR count). The monoisotopic (exact) mass is 174 g/mol. The highest BCUT2D eigenvalue weighted by Crippen LogP contribution is 2.11. The molecule has 10 heavy (non-hydrogen) atoms. The Kier molecular flexibility index (Phi) is 9.33. The van der Waals surface area contributed by atoms with Crippen LogP contribution >= 0.6 is 0 Å². The lowest BCUT2D eigenvalue weighted by atomic mass is 10.1. The molecule has 0 heterocycles. The summed E-state index contributed by atoms with van der Waals surface area (Å²) < 4.78 is 0. The third kappa shape index (κ3) is 4.06. The molecule has 0 aliphatic carbocycles. The average molecular weight is 174 g/mol. The highest BCUT2D eigenvalue weighted by Gasteiger charge is 1.93. The number of hydrogen-bond donors (Lipinski definition) is 0. The molecule has 0 saturated carbocycles. The summed E-state index contributed by atoms with van der Waals surface area (Å²) in [7, 11) is 1.27. The van der Waals surface area contributed by atoms with Crippen molar-refractivity contribution in [3.8, 4) is 0 Å². The van der Waals surface area contributed by atoms with Gasteiger partial charge in [0, 0.05) is 10.2 Å². The van der Waals surface area contributed by atoms with Gasteiger partial charge in [-0.05, 0) is 30.2 Å². The van der Waals surface area contributed by atoms with E-state index in [2.05, 4.69) is 20.8 Å². The highest BCUT2D eigenvalue weighted by atomic mass is 28.1. The van der Waals surface area contributed by atoms with Gasteiger partial charge < -0.3 is 0 Å². The van der Waals surface area contributed by atoms with Gasteiger partial charge in [0.05, 0.1) is 0 Å². The molecule has 2 heteroatoms. The second kappa shape index (κ2) is 7.28. The molecular weight excluding hydrogens is 152 g/mol. The van der Waals surface area contributed by atoms with Crippen molar-refractivity contribution in [1.29, 1.82) is 0 Å². The van der Waals surface area contributed by atoms with Gasteiger partial charge in [-0.3, -0.25) is 0 Å². The summed E-state index contributed by atoms with van der Waals surface area (Å²) in [6.07, 6.45) is 3.82. The molecule has 0 saturated heterocycles. The van der Waals surface area contributed by atoms with E-state index in [9.17, 15) is 0 Å². The standard InChI is InChI=1S/C8H18Si.H4Si/c1-4-7(5-2)8(9)6-3;/h4-6H2,1-3,9H3;1H4. The Bertz CT molecular complexity index is 99.8. The molecule has 0 radical (unpaired) electrons. The van der Waals surface area contributed by atoms with E-state index in [0.29, 0.717) is 0 Å². The molecule has 0 N–H and O–H groups in total. The van der Waals surface area contributed by atoms with Crippen molar-refractivity contribution in [2.24, 2.45) is 0 Å². The second-order valence-electron chi connectivity index (χ2n) is 2.44. The lowest BCUT2D eigenvalue weighted by molar-refractivity contribution is 0.944. The van der Waals surface area contributed by atoms with Crippen molar-refractivity contribution in [2.75, 3.05) is 0 Å². The molecule has 0 amide bonds. The fourth-order valence-electron chi connectivity index (χ4n) is 1.10. The van der Waals surface area contributed by atoms with E-state index in [0.717, 1.165) is 0 Å². The van der Waals surface area contributed by atoms with Crippen molar-refractivity contribution in [2.45, 2.75) is 40.0 Å². The topological polar surface area (TPSA) is 0 Å². The van der Waals surface area contributed by atoms with Crippen molar-refractivity contribution in [3.63, 3.8) is 0 Å². The first kappa shape index (κ1) is 12.8. The first-order chi connectivity index (χ1) is 4.26. The maximum atomic E-state index is 2.26. The fraction of sp³-hybridized carbons (Fsp3) is 0.750. The molecule has 0 atom stereocenters. The van der Waals surface area contributed by atoms with Crippen LogP contribution in [-0.2, 0) is 0 Å². The summed E-state index contributed by atoms with van der Waals surface area (Å²) in [4.78, 5) is 0. The van der Waals surface area contributed by atoms with Crippen LogP contribution in [0.4, 0.5) is 0 Å². The highest BCUT2D eigenvalue weighted by molar-refractivity contribution is 6.21. The van der Waals surface area contributed by atoms with E-state index >= 15 is 0 Å². The molecule has 0 nitrogen and oxygen atoms in total. The van der Waals surface area contributed by atoms with E-state index in [1.54, 1.807) is 10.8 Å². The lowest BCUT2D eigenvalue weighted by Gasteiger charge is -2.04. The zero-order chi connectivity index (χ0) is 7.28. The van der Waals surface area contributed by atoms with Crippen LogP contribution < -0.4 is 0 Å². The Morgan fingerprint density at radius 2 is 1.40 bits per heavy atom. The van der Waals surface area contributed by atoms with Crippen LogP contribution in [-0.4, -0.2) is 21.2 Å². The first-order valence-electron chi connectivity index (χ1n) is 3.93. The zero-order valence-corrected chi connectivity index (χ0v) is 9.12. The van der Waals surface area contributed by atoms with Crippen molar-refractivity contribution >= 4 is 21.2 Å². The molecule has 0 aliphatic heterocycles. The van der Waals surface area contributed by atoms with Crippen molar-refractivity contribution < 1.29 is 0 Å². The summed E-state index contributed by atoms with van der Waals surface area (Å²) in [5, 5.41) is 1.72. The number of rotatable bonds is 3. The lowest BCUT2D eigenvalue weighted by Crippen LogP contribution is -1.87. The zero-order valence-electron chi connectivity index (χ0n) is 7.12. The molecule has 0 aliphatic rings. The van der Waals surface area contributed by atoms with E-state index in [4.69, 9.17) is 0 Å². The third-order valence-corrected chi connectivity index (χ3v) is 3.40. The van der Waals surface area contributed by atoms with E-state index in [1.165, 1.54) is 29.5 Å². The van der Waals surface area contributed by atoms with Gasteiger partial charge in [-0.2, -0.15) is 0 Å². The number of allylic oxidation sites excluding steroid dienone is 2. The molecular formula is C8H22Si2. The Morgan fingerprint density at radius 1 is 1.00 bits per heavy atom. The maximum absolute atomic E-state index is 2.26. The summed E-state index contributed by atoms with van der Waals surface area (Å²) >= 11 is 0. The molecule has 0 aromatic rings. The average Bonchev–Trinajstić information content (AvgIpc) is 1.90. The molecule has 0 fully saturated rings. The predicted molar refractivity (Wildman–Crippen MR) is 59.2 cm³/mol. The molecule has 0 aromatic carbocycles. The minimum Gasteiger partial charge on any atom is -0.0928 e. The fourth-order valence-corrected chi connectivity index (χ4v) is 1.81. The van der Waals surface area contributed by atoms with Gasteiger partial charge in [0.15, 0.2) is 0 Å². The third-order valence-electron chi connectivity index (χ3n) is 1.99. The molecule has 0 unspecified atom stereocenters. The summed E-state index contributed by atoms with van der Waals surface area (Å²) in [5.41, 5.74) is 1.70. The quantitative estimate of drug-likeness (QED) is 0.543. The van der Waals surface area contributed by atoms with E-state index < -0.39 is 0 Å². The molecule has 0 spiro atoms. The van der Waals surface area contributed by atoms with Crippen LogP contribution in [0.1, 0.15) is 40.0 Å². The molecule has 0 aromatic heterocycles. The van der Waals surface area contributed by atoms with Crippen LogP contribution in [0.25, 0.3) is 0 Å². The SMILES string of the molecule is CCC([SiH3])=C(CC)CC.[SiH4].